The van der Waals surface area contributed by atoms with Gasteiger partial charge in [-0.05, 0) is 51.1 Å². The summed E-state index contributed by atoms with van der Waals surface area (Å²) in [5, 5.41) is 3.31. The Morgan fingerprint density at radius 2 is 1.67 bits per heavy atom. The molecule has 3 heteroatoms. The van der Waals surface area contributed by atoms with Gasteiger partial charge in [-0.3, -0.25) is 4.21 Å². The summed E-state index contributed by atoms with van der Waals surface area (Å²) in [6.45, 7) is 6.15. The first kappa shape index (κ1) is 15.9. The van der Waals surface area contributed by atoms with E-state index in [9.17, 15) is 4.21 Å². The van der Waals surface area contributed by atoms with Gasteiger partial charge >= 0.3 is 0 Å². The summed E-state index contributed by atoms with van der Waals surface area (Å²) < 4.78 is 12.8. The first-order chi connectivity index (χ1) is 10.0. The van der Waals surface area contributed by atoms with Crippen LogP contribution in [0.3, 0.4) is 0 Å². The van der Waals surface area contributed by atoms with Crippen LogP contribution in [0, 0.1) is 13.8 Å². The number of aryl methyl sites for hydroxylation is 2. The SMILES string of the molecule is CNC(c1ccc(C)cc1)C(C)S(=O)c1cccc(C)c1. The third-order valence-electron chi connectivity index (χ3n) is 3.78. The molecule has 0 aromatic heterocycles. The lowest BCUT2D eigenvalue weighted by atomic mass is 10.0. The molecule has 0 spiro atoms. The van der Waals surface area contributed by atoms with Gasteiger partial charge < -0.3 is 5.32 Å². The Hall–Kier alpha value is -1.45. The molecule has 2 rings (SSSR count). The van der Waals surface area contributed by atoms with Crippen LogP contribution in [0.1, 0.15) is 29.7 Å². The Morgan fingerprint density at radius 3 is 2.24 bits per heavy atom. The van der Waals surface area contributed by atoms with Crippen molar-refractivity contribution in [1.29, 1.82) is 0 Å². The number of hydrogen-bond donors (Lipinski definition) is 1. The van der Waals surface area contributed by atoms with Crippen molar-refractivity contribution in [2.45, 2.75) is 37.0 Å². The second-order valence-corrected chi connectivity index (χ2v) is 7.31. The second kappa shape index (κ2) is 7.01. The van der Waals surface area contributed by atoms with E-state index in [1.54, 1.807) is 0 Å². The Bertz CT molecular complexity index is 621. The minimum atomic E-state index is -1.04. The molecule has 0 saturated carbocycles. The average molecular weight is 301 g/mol. The van der Waals surface area contributed by atoms with E-state index in [1.165, 1.54) is 11.1 Å². The van der Waals surface area contributed by atoms with Crippen LogP contribution in [0.4, 0.5) is 0 Å². The van der Waals surface area contributed by atoms with Gasteiger partial charge in [0.2, 0.25) is 0 Å². The lowest BCUT2D eigenvalue weighted by molar-refractivity contribution is 0.570. The van der Waals surface area contributed by atoms with Crippen molar-refractivity contribution >= 4 is 10.8 Å². The van der Waals surface area contributed by atoms with Gasteiger partial charge in [-0.1, -0.05) is 42.0 Å². The average Bonchev–Trinajstić information content (AvgIpc) is 2.49. The van der Waals surface area contributed by atoms with Crippen LogP contribution in [0.25, 0.3) is 0 Å². The maximum Gasteiger partial charge on any atom is 0.0577 e. The van der Waals surface area contributed by atoms with Crippen molar-refractivity contribution in [1.82, 2.24) is 5.32 Å². The maximum absolute atomic E-state index is 12.8. The van der Waals surface area contributed by atoms with Crippen LogP contribution in [0.15, 0.2) is 53.4 Å². The van der Waals surface area contributed by atoms with Gasteiger partial charge in [-0.25, -0.2) is 0 Å². The molecule has 1 N–H and O–H groups in total. The first-order valence-electron chi connectivity index (χ1n) is 7.24. The largest absolute Gasteiger partial charge is 0.312 e. The van der Waals surface area contributed by atoms with Crippen LogP contribution in [-0.4, -0.2) is 16.5 Å². The summed E-state index contributed by atoms with van der Waals surface area (Å²) >= 11 is 0. The molecule has 2 nitrogen and oxygen atoms in total. The summed E-state index contributed by atoms with van der Waals surface area (Å²) in [6, 6.07) is 16.4. The van der Waals surface area contributed by atoms with E-state index in [1.807, 2.05) is 45.2 Å². The van der Waals surface area contributed by atoms with Gasteiger partial charge in [0, 0.05) is 10.9 Å². The molecule has 0 radical (unpaired) electrons. The van der Waals surface area contributed by atoms with Gasteiger partial charge in [0.1, 0.15) is 0 Å². The fourth-order valence-electron chi connectivity index (χ4n) is 2.52. The minimum Gasteiger partial charge on any atom is -0.312 e. The third-order valence-corrected chi connectivity index (χ3v) is 5.44. The predicted octanol–water partition coefficient (Wildman–Crippen LogP) is 3.76. The highest BCUT2D eigenvalue weighted by molar-refractivity contribution is 7.85. The predicted molar refractivity (Wildman–Crippen MR) is 90.0 cm³/mol. The molecule has 0 bridgehead atoms. The maximum atomic E-state index is 12.8. The highest BCUT2D eigenvalue weighted by Gasteiger charge is 2.24. The van der Waals surface area contributed by atoms with E-state index in [-0.39, 0.29) is 11.3 Å². The molecule has 0 heterocycles. The number of rotatable bonds is 5. The van der Waals surface area contributed by atoms with Gasteiger partial charge in [0.05, 0.1) is 16.0 Å². The molecule has 21 heavy (non-hydrogen) atoms. The van der Waals surface area contributed by atoms with Crippen LogP contribution in [0.2, 0.25) is 0 Å². The van der Waals surface area contributed by atoms with E-state index < -0.39 is 10.8 Å². The number of hydrogen-bond acceptors (Lipinski definition) is 2. The zero-order chi connectivity index (χ0) is 15.4. The third kappa shape index (κ3) is 3.80. The molecule has 0 aliphatic carbocycles. The molecule has 0 fully saturated rings. The molecule has 0 aliphatic heterocycles. The normalized spacial score (nSPS) is 15.4. The molecule has 0 aliphatic rings. The highest BCUT2D eigenvalue weighted by atomic mass is 32.2. The van der Waals surface area contributed by atoms with E-state index in [2.05, 4.69) is 36.5 Å². The Balaban J connectivity index is 2.25. The van der Waals surface area contributed by atoms with E-state index >= 15 is 0 Å². The fraction of sp³-hybridized carbons (Fsp3) is 0.333. The van der Waals surface area contributed by atoms with E-state index in [4.69, 9.17) is 0 Å². The first-order valence-corrected chi connectivity index (χ1v) is 8.45. The summed E-state index contributed by atoms with van der Waals surface area (Å²) in [6.07, 6.45) is 0. The zero-order valence-electron chi connectivity index (χ0n) is 13.1. The summed E-state index contributed by atoms with van der Waals surface area (Å²) in [7, 11) is 0.888. The Kier molecular flexibility index (Phi) is 5.32. The van der Waals surface area contributed by atoms with Crippen LogP contribution in [0.5, 0.6) is 0 Å². The van der Waals surface area contributed by atoms with Gasteiger partial charge in [-0.15, -0.1) is 0 Å². The van der Waals surface area contributed by atoms with E-state index in [0.29, 0.717) is 0 Å². The van der Waals surface area contributed by atoms with Crippen molar-refractivity contribution in [3.63, 3.8) is 0 Å². The van der Waals surface area contributed by atoms with Crippen LogP contribution >= 0.6 is 0 Å². The molecule has 2 aromatic rings. The quantitative estimate of drug-likeness (QED) is 0.911. The van der Waals surface area contributed by atoms with Crippen molar-refractivity contribution in [3.8, 4) is 0 Å². The molecule has 3 atom stereocenters. The second-order valence-electron chi connectivity index (χ2n) is 5.50. The summed E-state index contributed by atoms with van der Waals surface area (Å²) in [5.74, 6) is 0. The summed E-state index contributed by atoms with van der Waals surface area (Å²) in [4.78, 5) is 0.898. The number of nitrogens with one attached hydrogen (secondary N) is 1. The van der Waals surface area contributed by atoms with E-state index in [0.717, 1.165) is 10.5 Å². The van der Waals surface area contributed by atoms with Crippen molar-refractivity contribution in [2.75, 3.05) is 7.05 Å². The molecule has 3 unspecified atom stereocenters. The highest BCUT2D eigenvalue weighted by Crippen LogP contribution is 2.24. The Morgan fingerprint density at radius 1 is 1.00 bits per heavy atom. The van der Waals surface area contributed by atoms with Crippen LogP contribution < -0.4 is 5.32 Å². The van der Waals surface area contributed by atoms with Crippen molar-refractivity contribution in [3.05, 3.63) is 65.2 Å². The molecule has 112 valence electrons. The fourth-order valence-corrected chi connectivity index (χ4v) is 4.01. The summed E-state index contributed by atoms with van der Waals surface area (Å²) in [5.41, 5.74) is 3.56. The van der Waals surface area contributed by atoms with Gasteiger partial charge in [0.25, 0.3) is 0 Å². The molecule has 0 saturated heterocycles. The van der Waals surface area contributed by atoms with Gasteiger partial charge in [-0.2, -0.15) is 0 Å². The Labute approximate surface area is 130 Å². The standard InChI is InChI=1S/C18H23NOS/c1-13-8-10-16(11-9-13)18(19-4)15(3)21(20)17-7-5-6-14(2)12-17/h5-12,15,18-19H,1-4H3. The monoisotopic (exact) mass is 301 g/mol. The van der Waals surface area contributed by atoms with Crippen LogP contribution in [-0.2, 0) is 10.8 Å². The van der Waals surface area contributed by atoms with Crippen molar-refractivity contribution in [2.24, 2.45) is 0 Å². The smallest absolute Gasteiger partial charge is 0.0577 e. The molecular formula is C18H23NOS. The lowest BCUT2D eigenvalue weighted by Crippen LogP contribution is -2.30. The molecular weight excluding hydrogens is 278 g/mol. The minimum absolute atomic E-state index is 0.000457. The zero-order valence-corrected chi connectivity index (χ0v) is 13.9. The lowest BCUT2D eigenvalue weighted by Gasteiger charge is -2.24. The topological polar surface area (TPSA) is 29.1 Å². The number of benzene rings is 2. The van der Waals surface area contributed by atoms with Crippen molar-refractivity contribution < 1.29 is 4.21 Å². The molecule has 2 aromatic carbocycles. The van der Waals surface area contributed by atoms with Gasteiger partial charge in [0.15, 0.2) is 0 Å². The molecule has 0 amide bonds.